The molecule has 5 heteroatoms. The largest absolute Gasteiger partial charge is 0.455 e. The summed E-state index contributed by atoms with van der Waals surface area (Å²) in [4.78, 5) is 12.0. The smallest absolute Gasteiger partial charge is 0.334 e. The molecule has 2 N–H and O–H groups in total. The topological polar surface area (TPSA) is 79.3 Å². The Morgan fingerprint density at radius 3 is 2.80 bits per heavy atom. The van der Waals surface area contributed by atoms with Gasteiger partial charge >= 0.3 is 5.97 Å². The van der Waals surface area contributed by atoms with Crippen molar-refractivity contribution in [1.82, 2.24) is 0 Å². The molecule has 1 aliphatic carbocycles. The van der Waals surface area contributed by atoms with Crippen molar-refractivity contribution < 1.29 is 24.5 Å². The maximum Gasteiger partial charge on any atom is 0.334 e. The average Bonchev–Trinajstić information content (AvgIpc) is 3.20. The Morgan fingerprint density at radius 1 is 1.32 bits per heavy atom. The molecule has 2 saturated heterocycles. The van der Waals surface area contributed by atoms with Crippen molar-refractivity contribution in [3.8, 4) is 0 Å². The molecule has 2 fully saturated rings. The van der Waals surface area contributed by atoms with Gasteiger partial charge in [0.25, 0.3) is 0 Å². The van der Waals surface area contributed by atoms with E-state index in [9.17, 15) is 15.0 Å². The number of aliphatic hydroxyl groups is 2. The summed E-state index contributed by atoms with van der Waals surface area (Å²) in [6, 6.07) is 0. The summed E-state index contributed by atoms with van der Waals surface area (Å²) in [6.45, 7) is 7.79. The lowest BCUT2D eigenvalue weighted by atomic mass is 9.84. The zero-order valence-electron chi connectivity index (χ0n) is 15.0. The summed E-state index contributed by atoms with van der Waals surface area (Å²) in [6.07, 6.45) is 6.51. The van der Waals surface area contributed by atoms with Crippen LogP contribution >= 0.6 is 0 Å². The highest BCUT2D eigenvalue weighted by Crippen LogP contribution is 2.47. The highest BCUT2D eigenvalue weighted by atomic mass is 16.6. The highest BCUT2D eigenvalue weighted by molar-refractivity contribution is 5.91. The first kappa shape index (κ1) is 18.4. The fourth-order valence-corrected chi connectivity index (χ4v) is 3.95. The molecule has 3 aliphatic rings. The SMILES string of the molecule is C=C1C(=O)O[C@@H]2[C@@H]1C[C@@H]1O[C@]1(CO)CC/C=C(/C)CC/C=C(/C)[C@H]2O. The standard InChI is InChI=1S/C20H28O5/c1-12-6-4-8-13(2)17(22)18-15(14(3)19(23)24-18)10-16-20(11-21,25-16)9-5-7-12/h7-8,15-18,21-22H,3-6,9-11H2,1-2H3/b12-7-,13-8-/t15-,16+,17-,18-,20+/m1/s1. The van der Waals surface area contributed by atoms with E-state index < -0.39 is 23.8 Å². The summed E-state index contributed by atoms with van der Waals surface area (Å²) in [5.74, 6) is -0.733. The molecule has 138 valence electrons. The predicted molar refractivity (Wildman–Crippen MR) is 93.8 cm³/mol. The molecule has 0 aromatic carbocycles. The third-order valence-electron chi connectivity index (χ3n) is 5.83. The second kappa shape index (κ2) is 7.06. The van der Waals surface area contributed by atoms with E-state index in [0.717, 1.165) is 31.3 Å². The minimum Gasteiger partial charge on any atom is -0.455 e. The van der Waals surface area contributed by atoms with Gasteiger partial charge in [-0.2, -0.15) is 0 Å². The summed E-state index contributed by atoms with van der Waals surface area (Å²) in [7, 11) is 0. The van der Waals surface area contributed by atoms with E-state index in [-0.39, 0.29) is 18.6 Å². The van der Waals surface area contributed by atoms with Crippen LogP contribution in [0, 0.1) is 5.92 Å². The van der Waals surface area contributed by atoms with Gasteiger partial charge in [0, 0.05) is 11.5 Å². The zero-order valence-corrected chi connectivity index (χ0v) is 15.0. The molecule has 25 heavy (non-hydrogen) atoms. The van der Waals surface area contributed by atoms with Gasteiger partial charge in [-0.1, -0.05) is 24.3 Å². The number of esters is 1. The van der Waals surface area contributed by atoms with Crippen molar-refractivity contribution in [3.05, 3.63) is 35.5 Å². The number of carbonyl (C=O) groups is 1. The molecule has 0 aromatic heterocycles. The first-order valence-electron chi connectivity index (χ1n) is 9.07. The van der Waals surface area contributed by atoms with E-state index in [1.54, 1.807) is 0 Å². The lowest BCUT2D eigenvalue weighted by Crippen LogP contribution is -2.34. The van der Waals surface area contributed by atoms with Crippen LogP contribution in [0.25, 0.3) is 0 Å². The first-order chi connectivity index (χ1) is 11.9. The van der Waals surface area contributed by atoms with Crippen LogP contribution in [0.5, 0.6) is 0 Å². The molecule has 0 unspecified atom stereocenters. The van der Waals surface area contributed by atoms with Gasteiger partial charge < -0.3 is 19.7 Å². The van der Waals surface area contributed by atoms with Crippen LogP contribution < -0.4 is 0 Å². The van der Waals surface area contributed by atoms with Crippen LogP contribution in [0.15, 0.2) is 35.5 Å². The summed E-state index contributed by atoms with van der Waals surface area (Å²) < 4.78 is 11.3. The van der Waals surface area contributed by atoms with E-state index in [1.165, 1.54) is 5.57 Å². The Hall–Kier alpha value is -1.43. The van der Waals surface area contributed by atoms with E-state index in [2.05, 4.69) is 19.6 Å². The normalized spacial score (nSPS) is 43.7. The number of epoxide rings is 1. The molecule has 5 nitrogen and oxygen atoms in total. The maximum absolute atomic E-state index is 12.0. The van der Waals surface area contributed by atoms with Crippen molar-refractivity contribution >= 4 is 5.97 Å². The molecule has 0 radical (unpaired) electrons. The van der Waals surface area contributed by atoms with E-state index in [1.807, 2.05) is 13.0 Å². The highest BCUT2D eigenvalue weighted by Gasteiger charge is 2.58. The Labute approximate surface area is 149 Å². The van der Waals surface area contributed by atoms with Gasteiger partial charge in [0.2, 0.25) is 0 Å². The third kappa shape index (κ3) is 3.59. The number of rotatable bonds is 1. The number of hydrogen-bond acceptors (Lipinski definition) is 5. The zero-order chi connectivity index (χ0) is 18.2. The monoisotopic (exact) mass is 348 g/mol. The fourth-order valence-electron chi connectivity index (χ4n) is 3.95. The predicted octanol–water partition coefficient (Wildman–Crippen LogP) is 2.43. The summed E-state index contributed by atoms with van der Waals surface area (Å²) >= 11 is 0. The molecule has 2 aliphatic heterocycles. The fraction of sp³-hybridized carbons (Fsp3) is 0.650. The van der Waals surface area contributed by atoms with Crippen LogP contribution in [0.2, 0.25) is 0 Å². The van der Waals surface area contributed by atoms with Crippen molar-refractivity contribution in [1.29, 1.82) is 0 Å². The van der Waals surface area contributed by atoms with Crippen LogP contribution in [0.1, 0.15) is 46.0 Å². The van der Waals surface area contributed by atoms with Gasteiger partial charge in [0.15, 0.2) is 0 Å². The number of allylic oxidation sites excluding steroid dienone is 3. The van der Waals surface area contributed by atoms with Crippen molar-refractivity contribution in [2.75, 3.05) is 6.61 Å². The molecule has 3 rings (SSSR count). The first-order valence-corrected chi connectivity index (χ1v) is 9.07. The number of ether oxygens (including phenoxy) is 2. The average molecular weight is 348 g/mol. The quantitative estimate of drug-likeness (QED) is 0.329. The van der Waals surface area contributed by atoms with Gasteiger partial charge in [-0.3, -0.25) is 0 Å². The molecule has 0 amide bonds. The van der Waals surface area contributed by atoms with Gasteiger partial charge in [-0.25, -0.2) is 4.79 Å². The molecule has 5 atom stereocenters. The van der Waals surface area contributed by atoms with Gasteiger partial charge in [0.1, 0.15) is 17.8 Å². The molecule has 0 bridgehead atoms. The van der Waals surface area contributed by atoms with E-state index in [4.69, 9.17) is 9.47 Å². The minimum absolute atomic E-state index is 0.0370. The summed E-state index contributed by atoms with van der Waals surface area (Å²) in [5.41, 5.74) is 1.96. The number of aliphatic hydroxyl groups excluding tert-OH is 2. The molecular formula is C20H28O5. The van der Waals surface area contributed by atoms with Crippen LogP contribution in [0.3, 0.4) is 0 Å². The lowest BCUT2D eigenvalue weighted by molar-refractivity contribution is -0.142. The van der Waals surface area contributed by atoms with Gasteiger partial charge in [0.05, 0.1) is 12.7 Å². The third-order valence-corrected chi connectivity index (χ3v) is 5.83. The second-order valence-electron chi connectivity index (χ2n) is 7.59. The number of fused-ring (bicyclic) bond motifs is 2. The van der Waals surface area contributed by atoms with Crippen molar-refractivity contribution in [3.63, 3.8) is 0 Å². The summed E-state index contributed by atoms with van der Waals surface area (Å²) in [5, 5.41) is 20.5. The van der Waals surface area contributed by atoms with Crippen LogP contribution in [-0.2, 0) is 14.3 Å². The Balaban J connectivity index is 1.86. The molecule has 0 aromatic rings. The van der Waals surface area contributed by atoms with Crippen LogP contribution in [-0.4, -0.2) is 46.7 Å². The molecule has 2 heterocycles. The Bertz CT molecular complexity index is 620. The lowest BCUT2D eigenvalue weighted by Gasteiger charge is -2.24. The maximum atomic E-state index is 12.0. The minimum atomic E-state index is -0.845. The molecule has 0 saturated carbocycles. The van der Waals surface area contributed by atoms with Gasteiger partial charge in [-0.15, -0.1) is 0 Å². The van der Waals surface area contributed by atoms with E-state index >= 15 is 0 Å². The van der Waals surface area contributed by atoms with Crippen molar-refractivity contribution in [2.45, 2.75) is 69.9 Å². The Kier molecular flexibility index (Phi) is 5.19. The Morgan fingerprint density at radius 2 is 2.08 bits per heavy atom. The van der Waals surface area contributed by atoms with E-state index in [0.29, 0.717) is 12.0 Å². The molecular weight excluding hydrogens is 320 g/mol. The molecule has 0 spiro atoms. The number of hydrogen-bond donors (Lipinski definition) is 2. The number of carbonyl (C=O) groups excluding carboxylic acids is 1. The van der Waals surface area contributed by atoms with Gasteiger partial charge in [-0.05, 0) is 51.5 Å². The van der Waals surface area contributed by atoms with Crippen LogP contribution in [0.4, 0.5) is 0 Å². The van der Waals surface area contributed by atoms with Crippen molar-refractivity contribution in [2.24, 2.45) is 5.92 Å². The second-order valence-corrected chi connectivity index (χ2v) is 7.59.